The Balaban J connectivity index is 1.69. The highest BCUT2D eigenvalue weighted by Gasteiger charge is 2.12. The molecule has 7 heteroatoms. The van der Waals surface area contributed by atoms with E-state index in [1.165, 1.54) is 6.21 Å². The number of anilines is 3. The second kappa shape index (κ2) is 8.35. The maximum absolute atomic E-state index is 9.23. The van der Waals surface area contributed by atoms with Crippen LogP contribution >= 0.6 is 0 Å². The number of aromatic nitrogens is 1. The molecule has 0 fully saturated rings. The van der Waals surface area contributed by atoms with Crippen molar-refractivity contribution >= 4 is 23.5 Å². The molecule has 3 rings (SSSR count). The lowest BCUT2D eigenvalue weighted by Gasteiger charge is -2.05. The summed E-state index contributed by atoms with van der Waals surface area (Å²) in [5, 5.41) is 16.3. The summed E-state index contributed by atoms with van der Waals surface area (Å²) in [6.45, 7) is 2.53. The van der Waals surface area contributed by atoms with Gasteiger partial charge in [-0.1, -0.05) is 18.2 Å². The summed E-state index contributed by atoms with van der Waals surface area (Å²) in [6.07, 6.45) is 1.41. The zero-order valence-electron chi connectivity index (χ0n) is 14.1. The minimum Gasteiger partial charge on any atom is -0.494 e. The number of hydrogen-bond acceptors (Lipinski definition) is 7. The molecule has 1 heterocycles. The highest BCUT2D eigenvalue weighted by Crippen LogP contribution is 2.23. The van der Waals surface area contributed by atoms with E-state index < -0.39 is 0 Å². The normalized spacial score (nSPS) is 10.5. The summed E-state index contributed by atoms with van der Waals surface area (Å²) < 4.78 is 11.0. The maximum atomic E-state index is 9.23. The lowest BCUT2D eigenvalue weighted by molar-refractivity contribution is 0.340. The number of rotatable bonds is 7. The van der Waals surface area contributed by atoms with Gasteiger partial charge in [-0.3, -0.25) is 5.43 Å². The molecule has 0 aliphatic carbocycles. The second-order valence-corrected chi connectivity index (χ2v) is 5.16. The Morgan fingerprint density at radius 1 is 1.15 bits per heavy atom. The van der Waals surface area contributed by atoms with Crippen molar-refractivity contribution < 1.29 is 9.15 Å². The van der Waals surface area contributed by atoms with Crippen molar-refractivity contribution in [2.75, 3.05) is 17.3 Å². The molecule has 26 heavy (non-hydrogen) atoms. The zero-order valence-corrected chi connectivity index (χ0v) is 14.1. The van der Waals surface area contributed by atoms with Gasteiger partial charge in [0.15, 0.2) is 0 Å². The van der Waals surface area contributed by atoms with Gasteiger partial charge in [0.25, 0.3) is 0 Å². The van der Waals surface area contributed by atoms with Crippen molar-refractivity contribution in [1.29, 1.82) is 5.26 Å². The van der Waals surface area contributed by atoms with E-state index in [1.54, 1.807) is 0 Å². The van der Waals surface area contributed by atoms with Crippen LogP contribution in [0.3, 0.4) is 0 Å². The highest BCUT2D eigenvalue weighted by molar-refractivity contribution is 5.76. The van der Waals surface area contributed by atoms with E-state index in [9.17, 15) is 5.26 Å². The van der Waals surface area contributed by atoms with Crippen molar-refractivity contribution in [1.82, 2.24) is 4.98 Å². The molecule has 2 N–H and O–H groups in total. The Morgan fingerprint density at radius 3 is 2.62 bits per heavy atom. The first-order valence-electron chi connectivity index (χ1n) is 8.03. The summed E-state index contributed by atoms with van der Waals surface area (Å²) in [5.41, 5.74) is 4.61. The van der Waals surface area contributed by atoms with Gasteiger partial charge in [-0.25, -0.2) is 0 Å². The average Bonchev–Trinajstić information content (AvgIpc) is 3.06. The summed E-state index contributed by atoms with van der Waals surface area (Å²) in [6, 6.07) is 18.8. The second-order valence-electron chi connectivity index (χ2n) is 5.16. The van der Waals surface area contributed by atoms with Crippen molar-refractivity contribution in [3.63, 3.8) is 0 Å². The maximum Gasteiger partial charge on any atom is 0.243 e. The van der Waals surface area contributed by atoms with Gasteiger partial charge < -0.3 is 14.5 Å². The molecular weight excluding hydrogens is 330 g/mol. The standard InChI is InChI=1S/C19H17N5O2/c1-2-25-16-10-8-14(9-11-16)22-19-17(12-20)23-18(26-19)13-21-24-15-6-4-3-5-7-15/h3-11,13,22,24H,2H2,1H3/b21-13+. The number of nitrogens with zero attached hydrogens (tertiary/aromatic N) is 3. The van der Waals surface area contributed by atoms with Gasteiger partial charge >= 0.3 is 0 Å². The summed E-state index contributed by atoms with van der Waals surface area (Å²) in [4.78, 5) is 4.10. The van der Waals surface area contributed by atoms with E-state index in [-0.39, 0.29) is 17.5 Å². The third-order valence-corrected chi connectivity index (χ3v) is 3.32. The third kappa shape index (κ3) is 4.39. The Morgan fingerprint density at radius 2 is 1.92 bits per heavy atom. The molecule has 0 radical (unpaired) electrons. The molecule has 0 unspecified atom stereocenters. The van der Waals surface area contributed by atoms with Crippen LogP contribution in [0, 0.1) is 11.3 Å². The van der Waals surface area contributed by atoms with Crippen LogP contribution in [-0.2, 0) is 0 Å². The van der Waals surface area contributed by atoms with Gasteiger partial charge in [0.2, 0.25) is 17.5 Å². The van der Waals surface area contributed by atoms with E-state index in [2.05, 4.69) is 20.8 Å². The minimum atomic E-state index is 0.153. The van der Waals surface area contributed by atoms with Crippen LogP contribution in [0.4, 0.5) is 17.3 Å². The van der Waals surface area contributed by atoms with Crippen LogP contribution in [-0.4, -0.2) is 17.8 Å². The predicted octanol–water partition coefficient (Wildman–Crippen LogP) is 4.13. The fourth-order valence-electron chi connectivity index (χ4n) is 2.16. The number of para-hydroxylation sites is 1. The lowest BCUT2D eigenvalue weighted by Crippen LogP contribution is -1.93. The lowest BCUT2D eigenvalue weighted by atomic mass is 10.3. The molecule has 0 aliphatic rings. The van der Waals surface area contributed by atoms with Crippen LogP contribution in [0.1, 0.15) is 18.5 Å². The van der Waals surface area contributed by atoms with Crippen LogP contribution in [0.25, 0.3) is 0 Å². The molecule has 0 atom stereocenters. The molecule has 0 spiro atoms. The Bertz CT molecular complexity index is 911. The molecule has 2 aromatic carbocycles. The molecule has 0 bridgehead atoms. The van der Waals surface area contributed by atoms with Gasteiger partial charge in [0.05, 0.1) is 12.3 Å². The van der Waals surface area contributed by atoms with Crippen LogP contribution in [0.2, 0.25) is 0 Å². The van der Waals surface area contributed by atoms with Crippen molar-refractivity contribution in [2.24, 2.45) is 5.10 Å². The van der Waals surface area contributed by atoms with Crippen molar-refractivity contribution in [2.45, 2.75) is 6.92 Å². The first-order chi connectivity index (χ1) is 12.8. The van der Waals surface area contributed by atoms with E-state index >= 15 is 0 Å². The molecule has 130 valence electrons. The van der Waals surface area contributed by atoms with Crippen LogP contribution < -0.4 is 15.5 Å². The molecule has 3 aromatic rings. The Hall–Kier alpha value is -3.79. The highest BCUT2D eigenvalue weighted by atomic mass is 16.5. The predicted molar refractivity (Wildman–Crippen MR) is 99.8 cm³/mol. The number of hydrogen-bond donors (Lipinski definition) is 2. The summed E-state index contributed by atoms with van der Waals surface area (Å²) in [7, 11) is 0. The van der Waals surface area contributed by atoms with E-state index in [4.69, 9.17) is 9.15 Å². The minimum absolute atomic E-state index is 0.153. The van der Waals surface area contributed by atoms with Gasteiger partial charge in [-0.15, -0.1) is 0 Å². The smallest absolute Gasteiger partial charge is 0.243 e. The van der Waals surface area contributed by atoms with Gasteiger partial charge in [0, 0.05) is 5.69 Å². The van der Waals surface area contributed by atoms with Crippen molar-refractivity contribution in [3.05, 3.63) is 66.2 Å². The van der Waals surface area contributed by atoms with E-state index in [0.717, 1.165) is 17.1 Å². The topological polar surface area (TPSA) is 95.5 Å². The summed E-state index contributed by atoms with van der Waals surface area (Å²) in [5.74, 6) is 1.26. The molecular formula is C19H17N5O2. The Labute approximate surface area is 150 Å². The Kier molecular flexibility index (Phi) is 5.47. The fraction of sp³-hybridized carbons (Fsp3) is 0.105. The molecule has 0 saturated heterocycles. The third-order valence-electron chi connectivity index (χ3n) is 3.32. The number of hydrazone groups is 1. The monoisotopic (exact) mass is 347 g/mol. The van der Waals surface area contributed by atoms with Crippen LogP contribution in [0.15, 0.2) is 64.1 Å². The largest absolute Gasteiger partial charge is 0.494 e. The zero-order chi connectivity index (χ0) is 18.2. The molecule has 0 saturated carbocycles. The van der Waals surface area contributed by atoms with Crippen LogP contribution in [0.5, 0.6) is 5.75 Å². The van der Waals surface area contributed by atoms with Gasteiger partial charge in [-0.2, -0.15) is 15.3 Å². The first-order valence-corrected chi connectivity index (χ1v) is 8.03. The quantitative estimate of drug-likeness (QED) is 0.493. The molecule has 1 aromatic heterocycles. The van der Waals surface area contributed by atoms with Gasteiger partial charge in [0.1, 0.15) is 18.0 Å². The molecule has 0 amide bonds. The van der Waals surface area contributed by atoms with Gasteiger partial charge in [-0.05, 0) is 43.3 Å². The summed E-state index contributed by atoms with van der Waals surface area (Å²) >= 11 is 0. The number of ether oxygens (including phenoxy) is 1. The number of nitrogens with one attached hydrogen (secondary N) is 2. The fourth-order valence-corrected chi connectivity index (χ4v) is 2.16. The molecule has 0 aliphatic heterocycles. The number of benzene rings is 2. The van der Waals surface area contributed by atoms with Crippen molar-refractivity contribution in [3.8, 4) is 11.8 Å². The van der Waals surface area contributed by atoms with E-state index in [0.29, 0.717) is 6.61 Å². The number of oxazole rings is 1. The molecule has 7 nitrogen and oxygen atoms in total. The number of nitriles is 1. The average molecular weight is 347 g/mol. The SMILES string of the molecule is CCOc1ccc(Nc2oc(/C=N/Nc3ccccc3)nc2C#N)cc1. The van der Waals surface area contributed by atoms with E-state index in [1.807, 2.05) is 67.6 Å². The first kappa shape index (κ1) is 17.0.